The van der Waals surface area contributed by atoms with Gasteiger partial charge in [0.15, 0.2) is 41.1 Å². The van der Waals surface area contributed by atoms with Crippen molar-refractivity contribution >= 4 is 29.0 Å². The molecule has 5 atom stereocenters. The molecule has 4 unspecified atom stereocenters. The Labute approximate surface area is 236 Å². The van der Waals surface area contributed by atoms with Crippen LogP contribution in [0.25, 0.3) is 11.2 Å². The number of urea groups is 1. The minimum Gasteiger partial charge on any atom is -0.487 e. The number of halogens is 2. The number of hydrogen-bond donors (Lipinski definition) is 3. The van der Waals surface area contributed by atoms with E-state index in [9.17, 15) is 23.5 Å². The van der Waals surface area contributed by atoms with Crippen molar-refractivity contribution in [2.75, 3.05) is 18.5 Å². The van der Waals surface area contributed by atoms with Gasteiger partial charge >= 0.3 is 12.0 Å². The maximum absolute atomic E-state index is 14.5. The number of carboxylic acid groups (broad SMARTS) is 1. The molecule has 2 aromatic carbocycles. The van der Waals surface area contributed by atoms with Crippen molar-refractivity contribution in [2.24, 2.45) is 0 Å². The van der Waals surface area contributed by atoms with E-state index >= 15 is 0 Å². The summed E-state index contributed by atoms with van der Waals surface area (Å²) in [4.78, 5) is 36.5. The summed E-state index contributed by atoms with van der Waals surface area (Å²) in [6, 6.07) is 8.73. The average molecular weight is 583 g/mol. The number of nitrogens with zero attached hydrogens (tertiary/aromatic N) is 4. The predicted molar refractivity (Wildman–Crippen MR) is 140 cm³/mol. The lowest BCUT2D eigenvalue weighted by molar-refractivity contribution is -0.152. The van der Waals surface area contributed by atoms with E-state index in [1.165, 1.54) is 49.1 Å². The summed E-state index contributed by atoms with van der Waals surface area (Å²) >= 11 is 0. The number of ether oxygens (including phenoxy) is 4. The molecule has 13 nitrogen and oxygen atoms in total. The van der Waals surface area contributed by atoms with Gasteiger partial charge in [0.1, 0.15) is 42.6 Å². The van der Waals surface area contributed by atoms with Gasteiger partial charge in [0, 0.05) is 12.1 Å². The molecular weight excluding hydrogens is 558 g/mol. The van der Waals surface area contributed by atoms with Gasteiger partial charge in [-0.25, -0.2) is 33.3 Å². The second-order valence-electron chi connectivity index (χ2n) is 9.41. The third kappa shape index (κ3) is 5.08. The number of rotatable bonds is 8. The zero-order valence-electron chi connectivity index (χ0n) is 21.9. The van der Waals surface area contributed by atoms with Crippen LogP contribution >= 0.6 is 0 Å². The minimum atomic E-state index is -1.36. The van der Waals surface area contributed by atoms with Crippen LogP contribution in [0, 0.1) is 11.6 Å². The summed E-state index contributed by atoms with van der Waals surface area (Å²) in [5, 5.41) is 14.7. The highest BCUT2D eigenvalue weighted by atomic mass is 19.1. The molecule has 2 aliphatic rings. The Balaban J connectivity index is 1.31. The summed E-state index contributed by atoms with van der Waals surface area (Å²) in [6.45, 7) is 1.89. The van der Waals surface area contributed by atoms with Crippen LogP contribution < -0.4 is 15.4 Å². The molecule has 0 radical (unpaired) electrons. The van der Waals surface area contributed by atoms with Crippen LogP contribution in [0.1, 0.15) is 35.4 Å². The molecule has 218 valence electrons. The fourth-order valence-electron chi connectivity index (χ4n) is 4.90. The zero-order valence-corrected chi connectivity index (χ0v) is 21.9. The normalized spacial score (nSPS) is 23.1. The van der Waals surface area contributed by atoms with Gasteiger partial charge in [0.2, 0.25) is 0 Å². The van der Waals surface area contributed by atoms with Crippen molar-refractivity contribution in [1.29, 1.82) is 0 Å². The molecule has 15 heteroatoms. The molecule has 4 aromatic rings. The lowest BCUT2D eigenvalue weighted by Gasteiger charge is -2.22. The molecular formula is C27H24F2N6O7. The predicted octanol–water partition coefficient (Wildman–Crippen LogP) is 3.40. The first-order valence-corrected chi connectivity index (χ1v) is 12.9. The highest BCUT2D eigenvalue weighted by molar-refractivity contribution is 5.95. The fraction of sp³-hybridized carbons (Fsp3) is 0.296. The van der Waals surface area contributed by atoms with Gasteiger partial charge in [0.25, 0.3) is 0 Å². The van der Waals surface area contributed by atoms with E-state index in [0.717, 1.165) is 6.07 Å². The largest absolute Gasteiger partial charge is 0.487 e. The summed E-state index contributed by atoms with van der Waals surface area (Å²) < 4.78 is 54.0. The summed E-state index contributed by atoms with van der Waals surface area (Å²) in [7, 11) is 0. The number of anilines is 1. The first-order chi connectivity index (χ1) is 20.3. The third-order valence-electron chi connectivity index (χ3n) is 6.78. The molecule has 42 heavy (non-hydrogen) atoms. The molecule has 2 amide bonds. The van der Waals surface area contributed by atoms with Crippen molar-refractivity contribution in [3.05, 3.63) is 77.9 Å². The smallest absolute Gasteiger partial charge is 0.339 e. The van der Waals surface area contributed by atoms with Crippen LogP contribution in [0.3, 0.4) is 0 Å². The van der Waals surface area contributed by atoms with Gasteiger partial charge in [-0.1, -0.05) is 18.2 Å². The highest BCUT2D eigenvalue weighted by Gasteiger charge is 2.54. The van der Waals surface area contributed by atoms with Crippen molar-refractivity contribution in [3.8, 4) is 5.75 Å². The maximum Gasteiger partial charge on any atom is 0.339 e. The number of hydrogen-bond acceptors (Lipinski definition) is 9. The molecule has 0 aliphatic carbocycles. The summed E-state index contributed by atoms with van der Waals surface area (Å²) in [5.74, 6) is -2.90. The fourth-order valence-corrected chi connectivity index (χ4v) is 4.90. The first kappa shape index (κ1) is 27.4. The van der Waals surface area contributed by atoms with E-state index < -0.39 is 60.2 Å². The second-order valence-corrected chi connectivity index (χ2v) is 9.41. The van der Waals surface area contributed by atoms with Gasteiger partial charge < -0.3 is 29.4 Å². The number of aromatic nitrogens is 4. The number of para-hydroxylation sites is 1. The third-order valence-corrected chi connectivity index (χ3v) is 6.78. The molecule has 4 heterocycles. The Hall–Kier alpha value is -4.73. The van der Waals surface area contributed by atoms with Gasteiger partial charge in [-0.2, -0.15) is 0 Å². The number of carbonyl (C=O) groups excluding carboxylic acids is 1. The van der Waals surface area contributed by atoms with Crippen molar-refractivity contribution in [3.63, 3.8) is 0 Å². The number of nitrogens with one attached hydrogen (secondary N) is 2. The van der Waals surface area contributed by atoms with Crippen molar-refractivity contribution in [1.82, 2.24) is 24.8 Å². The number of aromatic carboxylic acids is 1. The van der Waals surface area contributed by atoms with Crippen LogP contribution in [0.15, 0.2) is 55.1 Å². The number of benzene rings is 2. The van der Waals surface area contributed by atoms with Gasteiger partial charge in [-0.05, 0) is 31.2 Å². The Bertz CT molecular complexity index is 1640. The number of carbonyl (C=O) groups is 2. The highest BCUT2D eigenvalue weighted by Crippen LogP contribution is 2.45. The Morgan fingerprint density at radius 1 is 1.05 bits per heavy atom. The van der Waals surface area contributed by atoms with E-state index in [0.29, 0.717) is 17.8 Å². The van der Waals surface area contributed by atoms with E-state index in [-0.39, 0.29) is 23.5 Å². The molecule has 2 saturated heterocycles. The molecule has 2 fully saturated rings. The van der Waals surface area contributed by atoms with Gasteiger partial charge in [-0.15, -0.1) is 0 Å². The van der Waals surface area contributed by atoms with Crippen LogP contribution in [-0.4, -0.2) is 68.1 Å². The molecule has 2 aromatic heterocycles. The summed E-state index contributed by atoms with van der Waals surface area (Å²) in [6.07, 6.45) is -1.46. The van der Waals surface area contributed by atoms with E-state index in [4.69, 9.17) is 18.9 Å². The van der Waals surface area contributed by atoms with Crippen LogP contribution in [0.5, 0.6) is 5.75 Å². The monoisotopic (exact) mass is 582 g/mol. The summed E-state index contributed by atoms with van der Waals surface area (Å²) in [5.41, 5.74) is 0.810. The van der Waals surface area contributed by atoms with E-state index in [1.807, 2.05) is 0 Å². The SMILES string of the molecule is CCNC(=O)Nc1ncnc2c1ncn2C1OC(COc2c(F)cccc2C(=O)O)C2O[C@H](c3ccc(F)cc3)OC21. The van der Waals surface area contributed by atoms with Crippen LogP contribution in [0.4, 0.5) is 19.4 Å². The number of amides is 2. The van der Waals surface area contributed by atoms with E-state index in [1.54, 1.807) is 11.5 Å². The van der Waals surface area contributed by atoms with Crippen LogP contribution in [-0.2, 0) is 14.2 Å². The standard InChI is InChI=1S/C27H24F2N6O7/c1-2-30-27(38)34-22-18-23(32-11-31-22)35(12-33-18)24-21-20(41-26(42-21)13-6-8-14(28)9-7-13)17(40-24)10-39-19-15(25(36)37)4-3-5-16(19)29/h3-9,11-12,17,20-21,24,26H,2,10H2,1H3,(H,36,37)(H2,30,31,32,34,38)/t17?,20?,21?,24?,26-/m0/s1. The number of carboxylic acids is 1. The van der Waals surface area contributed by atoms with E-state index in [2.05, 4.69) is 25.6 Å². The maximum atomic E-state index is 14.5. The lowest BCUT2D eigenvalue weighted by Crippen LogP contribution is -2.33. The molecule has 0 bridgehead atoms. The molecule has 0 spiro atoms. The zero-order chi connectivity index (χ0) is 29.4. The van der Waals surface area contributed by atoms with Crippen molar-refractivity contribution < 1.29 is 42.4 Å². The topological polar surface area (TPSA) is 159 Å². The second kappa shape index (κ2) is 11.3. The molecule has 6 rings (SSSR count). The molecule has 3 N–H and O–H groups in total. The Kier molecular flexibility index (Phi) is 7.36. The van der Waals surface area contributed by atoms with Gasteiger partial charge in [0.05, 0.1) is 6.33 Å². The molecule has 0 saturated carbocycles. The first-order valence-electron chi connectivity index (χ1n) is 12.9. The lowest BCUT2D eigenvalue weighted by atomic mass is 10.1. The Morgan fingerprint density at radius 3 is 2.60 bits per heavy atom. The number of fused-ring (bicyclic) bond motifs is 2. The quantitative estimate of drug-likeness (QED) is 0.281. The average Bonchev–Trinajstić information content (AvgIpc) is 3.67. The van der Waals surface area contributed by atoms with Gasteiger partial charge in [-0.3, -0.25) is 9.88 Å². The molecule has 2 aliphatic heterocycles. The minimum absolute atomic E-state index is 0.174. The van der Waals surface area contributed by atoms with Crippen LogP contribution in [0.2, 0.25) is 0 Å². The number of imidazole rings is 1. The van der Waals surface area contributed by atoms with Crippen molar-refractivity contribution in [2.45, 2.75) is 37.8 Å². The Morgan fingerprint density at radius 2 is 1.83 bits per heavy atom.